The molecule has 1 saturated heterocycles. The van der Waals surface area contributed by atoms with Crippen molar-refractivity contribution in [1.29, 1.82) is 0 Å². The van der Waals surface area contributed by atoms with Crippen LogP contribution in [0.2, 0.25) is 0 Å². The molecule has 4 nitrogen and oxygen atoms in total. The summed E-state index contributed by atoms with van der Waals surface area (Å²) in [5, 5.41) is 15.4. The highest BCUT2D eigenvalue weighted by Gasteiger charge is 2.25. The van der Waals surface area contributed by atoms with E-state index in [2.05, 4.69) is 17.4 Å². The molecule has 0 aliphatic carbocycles. The van der Waals surface area contributed by atoms with Crippen LogP contribution in [0.15, 0.2) is 5.16 Å². The second-order valence-electron chi connectivity index (χ2n) is 3.38. The van der Waals surface area contributed by atoms with Crippen LogP contribution in [0.5, 0.6) is 0 Å². The molecule has 5 heteroatoms. The normalized spacial score (nSPS) is 32.0. The highest BCUT2D eigenvalue weighted by atomic mass is 32.2. The van der Waals surface area contributed by atoms with E-state index in [1.54, 1.807) is 0 Å². The van der Waals surface area contributed by atoms with E-state index in [1.165, 1.54) is 5.75 Å². The maximum atomic E-state index is 8.46. The van der Waals surface area contributed by atoms with E-state index >= 15 is 0 Å². The summed E-state index contributed by atoms with van der Waals surface area (Å²) in [6.45, 7) is 4.11. The molecule has 3 atom stereocenters. The number of nitrogens with zero attached hydrogens (tertiary/aromatic N) is 1. The van der Waals surface area contributed by atoms with Gasteiger partial charge in [-0.05, 0) is 19.1 Å². The van der Waals surface area contributed by atoms with E-state index in [1.807, 2.05) is 18.7 Å². The summed E-state index contributed by atoms with van der Waals surface area (Å²) < 4.78 is 0. The number of hydrogen-bond acceptors (Lipinski definition) is 4. The molecule has 0 aromatic carbocycles. The van der Waals surface area contributed by atoms with Gasteiger partial charge in [0.15, 0.2) is 5.84 Å². The van der Waals surface area contributed by atoms with Crippen molar-refractivity contribution in [2.45, 2.75) is 37.6 Å². The van der Waals surface area contributed by atoms with Crippen LogP contribution >= 0.6 is 11.8 Å². The zero-order chi connectivity index (χ0) is 9.84. The Bertz CT molecular complexity index is 198. The molecule has 1 rings (SSSR count). The quantitative estimate of drug-likeness (QED) is 0.272. The lowest BCUT2D eigenvalue weighted by molar-refractivity contribution is 0.314. The molecule has 1 aliphatic rings. The van der Waals surface area contributed by atoms with E-state index in [0.29, 0.717) is 11.3 Å². The van der Waals surface area contributed by atoms with E-state index in [4.69, 9.17) is 10.9 Å². The Hall–Kier alpha value is -0.420. The Morgan fingerprint density at radius 1 is 1.77 bits per heavy atom. The first-order chi connectivity index (χ1) is 6.15. The van der Waals surface area contributed by atoms with Crippen molar-refractivity contribution in [3.8, 4) is 0 Å². The highest BCUT2D eigenvalue weighted by molar-refractivity contribution is 8.00. The fraction of sp³-hybridized carbons (Fsp3) is 0.875. The fourth-order valence-electron chi connectivity index (χ4n) is 1.44. The Kier molecular flexibility index (Phi) is 3.87. The second-order valence-corrected chi connectivity index (χ2v) is 4.87. The summed E-state index contributed by atoms with van der Waals surface area (Å²) >= 11 is 1.96. The zero-order valence-electron chi connectivity index (χ0n) is 8.03. The largest absolute Gasteiger partial charge is 0.409 e. The summed E-state index contributed by atoms with van der Waals surface area (Å²) in [5.41, 5.74) is 5.47. The Morgan fingerprint density at radius 3 is 2.92 bits per heavy atom. The van der Waals surface area contributed by atoms with Gasteiger partial charge in [0, 0.05) is 11.3 Å². The molecule has 0 aromatic rings. The van der Waals surface area contributed by atoms with Crippen LogP contribution in [0.4, 0.5) is 0 Å². The third kappa shape index (κ3) is 2.77. The molecule has 0 aromatic heterocycles. The molecule has 4 N–H and O–H groups in total. The van der Waals surface area contributed by atoms with E-state index < -0.39 is 0 Å². The van der Waals surface area contributed by atoms with Crippen molar-refractivity contribution in [2.24, 2.45) is 10.9 Å². The van der Waals surface area contributed by atoms with Gasteiger partial charge in [0.25, 0.3) is 0 Å². The molecule has 1 heterocycles. The molecular formula is C8H17N3OS. The van der Waals surface area contributed by atoms with Crippen molar-refractivity contribution in [3.63, 3.8) is 0 Å². The molecule has 0 spiro atoms. The minimum absolute atomic E-state index is 0.0452. The smallest absolute Gasteiger partial charge is 0.156 e. The predicted octanol–water partition coefficient (Wildman–Crippen LogP) is 0.605. The molecule has 0 radical (unpaired) electrons. The van der Waals surface area contributed by atoms with Crippen molar-refractivity contribution in [3.05, 3.63) is 0 Å². The first-order valence-corrected chi connectivity index (χ1v) is 5.55. The van der Waals surface area contributed by atoms with Gasteiger partial charge in [-0.25, -0.2) is 0 Å². The third-order valence-corrected chi connectivity index (χ3v) is 3.73. The number of hydrogen-bond donors (Lipinski definition) is 3. The van der Waals surface area contributed by atoms with Crippen LogP contribution < -0.4 is 11.1 Å². The number of rotatable bonds is 3. The van der Waals surface area contributed by atoms with E-state index in [-0.39, 0.29) is 11.9 Å². The molecule has 0 amide bonds. The van der Waals surface area contributed by atoms with Crippen LogP contribution in [-0.4, -0.2) is 34.1 Å². The van der Waals surface area contributed by atoms with Gasteiger partial charge in [-0.2, -0.15) is 11.8 Å². The minimum atomic E-state index is -0.0452. The van der Waals surface area contributed by atoms with E-state index in [0.717, 1.165) is 6.42 Å². The van der Waals surface area contributed by atoms with Crippen LogP contribution in [0.25, 0.3) is 0 Å². The van der Waals surface area contributed by atoms with Crippen molar-refractivity contribution >= 4 is 17.6 Å². The molecule has 3 unspecified atom stereocenters. The lowest BCUT2D eigenvalue weighted by Gasteiger charge is -2.20. The number of nitrogens with two attached hydrogens (primary N) is 1. The summed E-state index contributed by atoms with van der Waals surface area (Å²) in [6, 6.07) is 0.441. The van der Waals surface area contributed by atoms with Crippen LogP contribution in [-0.2, 0) is 0 Å². The van der Waals surface area contributed by atoms with Gasteiger partial charge in [-0.15, -0.1) is 0 Å². The van der Waals surface area contributed by atoms with Gasteiger partial charge < -0.3 is 16.3 Å². The lowest BCUT2D eigenvalue weighted by Crippen LogP contribution is -2.46. The first kappa shape index (κ1) is 10.7. The van der Waals surface area contributed by atoms with Gasteiger partial charge >= 0.3 is 0 Å². The maximum absolute atomic E-state index is 8.46. The number of amidine groups is 1. The highest BCUT2D eigenvalue weighted by Crippen LogP contribution is 2.26. The Labute approximate surface area is 82.9 Å². The SMILES string of the molecule is CC(NC1CCSC1C)/C(N)=N/O. The molecule has 0 bridgehead atoms. The summed E-state index contributed by atoms with van der Waals surface area (Å²) in [4.78, 5) is 0. The van der Waals surface area contributed by atoms with Crippen LogP contribution in [0.3, 0.4) is 0 Å². The lowest BCUT2D eigenvalue weighted by atomic mass is 10.1. The summed E-state index contributed by atoms with van der Waals surface area (Å²) in [5.74, 6) is 1.45. The third-order valence-electron chi connectivity index (χ3n) is 2.40. The number of nitrogens with one attached hydrogen (secondary N) is 1. The Balaban J connectivity index is 2.39. The van der Waals surface area contributed by atoms with Gasteiger partial charge in [-0.3, -0.25) is 0 Å². The van der Waals surface area contributed by atoms with Gasteiger partial charge in [0.2, 0.25) is 0 Å². The zero-order valence-corrected chi connectivity index (χ0v) is 8.84. The summed E-state index contributed by atoms with van der Waals surface area (Å²) in [7, 11) is 0. The number of thioether (sulfide) groups is 1. The molecule has 76 valence electrons. The second kappa shape index (κ2) is 4.72. The topological polar surface area (TPSA) is 70.6 Å². The monoisotopic (exact) mass is 203 g/mol. The van der Waals surface area contributed by atoms with Crippen molar-refractivity contribution < 1.29 is 5.21 Å². The van der Waals surface area contributed by atoms with Crippen LogP contribution in [0.1, 0.15) is 20.3 Å². The minimum Gasteiger partial charge on any atom is -0.409 e. The van der Waals surface area contributed by atoms with Crippen molar-refractivity contribution in [2.75, 3.05) is 5.75 Å². The molecule has 1 fully saturated rings. The molecule has 0 saturated carbocycles. The maximum Gasteiger partial charge on any atom is 0.156 e. The number of oxime groups is 1. The average Bonchev–Trinajstić information content (AvgIpc) is 2.50. The predicted molar refractivity (Wildman–Crippen MR) is 56.3 cm³/mol. The fourth-order valence-corrected chi connectivity index (χ4v) is 2.65. The average molecular weight is 203 g/mol. The standard InChI is InChI=1S/C8H17N3OS/c1-5(8(9)11-12)10-7-3-4-13-6(7)2/h5-7,10,12H,3-4H2,1-2H3,(H2,9,11). The molecular weight excluding hydrogens is 186 g/mol. The van der Waals surface area contributed by atoms with Gasteiger partial charge in [0.1, 0.15) is 0 Å². The van der Waals surface area contributed by atoms with E-state index in [9.17, 15) is 0 Å². The van der Waals surface area contributed by atoms with Gasteiger partial charge in [0.05, 0.1) is 6.04 Å². The van der Waals surface area contributed by atoms with Crippen molar-refractivity contribution in [1.82, 2.24) is 5.32 Å². The van der Waals surface area contributed by atoms with Crippen LogP contribution in [0, 0.1) is 0 Å². The molecule has 13 heavy (non-hydrogen) atoms. The van der Waals surface area contributed by atoms with Gasteiger partial charge in [-0.1, -0.05) is 12.1 Å². The first-order valence-electron chi connectivity index (χ1n) is 4.50. The summed E-state index contributed by atoms with van der Waals surface area (Å²) in [6.07, 6.45) is 1.16. The molecule has 1 aliphatic heterocycles. The Morgan fingerprint density at radius 2 is 2.46 bits per heavy atom.